The summed E-state index contributed by atoms with van der Waals surface area (Å²) in [5.74, 6) is 3.54. The number of likely N-dealkylation sites (tertiary alicyclic amines) is 2. The smallest absolute Gasteiger partial charge is 0.174 e. The third-order valence-electron chi connectivity index (χ3n) is 21.1. The summed E-state index contributed by atoms with van der Waals surface area (Å²) in [6, 6.07) is 10.7. The highest BCUT2D eigenvalue weighted by molar-refractivity contribution is 9.09. The molecule has 3 saturated heterocycles. The molecule has 14 aliphatic rings. The second-order valence-electron chi connectivity index (χ2n) is 24.3. The summed E-state index contributed by atoms with van der Waals surface area (Å²) in [6.07, 6.45) is 10.4. The minimum absolute atomic E-state index is 0. The molecule has 3 spiro atoms. The van der Waals surface area contributed by atoms with Crippen molar-refractivity contribution < 1.29 is 59.2 Å². The van der Waals surface area contributed by atoms with Crippen molar-refractivity contribution in [2.75, 3.05) is 38.6 Å². The zero-order chi connectivity index (χ0) is 50.4. The minimum atomic E-state index is -0.962. The van der Waals surface area contributed by atoms with Crippen LogP contribution >= 0.6 is 15.9 Å². The maximum absolute atomic E-state index is 12.7. The Bertz CT molecular complexity index is 2910. The van der Waals surface area contributed by atoms with Crippen LogP contribution in [0.15, 0.2) is 36.4 Å². The summed E-state index contributed by atoms with van der Waals surface area (Å²) in [6.45, 7) is 3.54. The van der Waals surface area contributed by atoms with E-state index in [1.807, 2.05) is 25.2 Å². The first-order valence-electron chi connectivity index (χ1n) is 27.1. The number of aromatic hydroxyl groups is 3. The maximum atomic E-state index is 12.7. The molecule has 8 aliphatic carbocycles. The first-order valence-corrected chi connectivity index (χ1v) is 28.2. The number of likely N-dealkylation sites (N-methyl/N-ethyl adjacent to an activating group) is 1. The van der Waals surface area contributed by atoms with E-state index in [1.54, 1.807) is 18.2 Å². The molecule has 0 amide bonds. The number of carbonyl (C=O) groups is 3. The van der Waals surface area contributed by atoms with Crippen LogP contribution in [-0.2, 0) is 49.9 Å². The molecule has 0 aromatic heterocycles. The molecule has 5 saturated carbocycles. The number of phenols is 3. The van der Waals surface area contributed by atoms with Crippen molar-refractivity contribution in [1.29, 1.82) is 0 Å². The van der Waals surface area contributed by atoms with Crippen LogP contribution in [0.3, 0.4) is 0 Å². The van der Waals surface area contributed by atoms with Crippen LogP contribution < -0.4 is 19.5 Å². The van der Waals surface area contributed by atoms with E-state index < -0.39 is 51.4 Å². The number of nitrogens with zero attached hydrogens (tertiary/aromatic N) is 2. The summed E-state index contributed by atoms with van der Waals surface area (Å²) < 4.78 is 17.9. The fourth-order valence-electron chi connectivity index (χ4n) is 17.3. The van der Waals surface area contributed by atoms with E-state index in [4.69, 9.17) is 14.2 Å². The number of aliphatic hydroxyl groups is 3. The molecule has 16 heteroatoms. The third-order valence-corrected chi connectivity index (χ3v) is 22.0. The van der Waals surface area contributed by atoms with E-state index >= 15 is 0 Å². The van der Waals surface area contributed by atoms with Crippen molar-refractivity contribution in [2.24, 2.45) is 11.8 Å². The number of nitrogens with one attached hydrogen (secondary N) is 1. The molecule has 7 N–H and O–H groups in total. The molecule has 12 unspecified atom stereocenters. The van der Waals surface area contributed by atoms with Crippen molar-refractivity contribution in [1.82, 2.24) is 15.1 Å². The number of Topliss-reactive ketones (excluding diaryl/α,β-unsaturated/α-hetero) is 3. The van der Waals surface area contributed by atoms with Crippen LogP contribution in [0.5, 0.6) is 34.5 Å². The summed E-state index contributed by atoms with van der Waals surface area (Å²) in [5, 5.41) is 70.4. The van der Waals surface area contributed by atoms with Crippen molar-refractivity contribution in [2.45, 2.75) is 180 Å². The molecule has 6 aliphatic heterocycles. The molecule has 12 atom stereocenters. The first kappa shape index (κ1) is 49.3. The van der Waals surface area contributed by atoms with E-state index in [2.05, 4.69) is 31.0 Å². The zero-order valence-corrected chi connectivity index (χ0v) is 42.9. The van der Waals surface area contributed by atoms with Gasteiger partial charge in [0.1, 0.15) is 0 Å². The highest BCUT2D eigenvalue weighted by Gasteiger charge is 2.75. The highest BCUT2D eigenvalue weighted by Crippen LogP contribution is 2.67. The average molecular weight is 1080 g/mol. The van der Waals surface area contributed by atoms with Gasteiger partial charge >= 0.3 is 0 Å². The van der Waals surface area contributed by atoms with Gasteiger partial charge in [0.2, 0.25) is 0 Å². The number of benzene rings is 3. The summed E-state index contributed by atoms with van der Waals surface area (Å²) in [7, 11) is 2.04. The van der Waals surface area contributed by atoms with E-state index in [0.29, 0.717) is 75.0 Å². The number of rotatable bonds is 3. The predicted octanol–water partition coefficient (Wildman–Crippen LogP) is 5.10. The molecule has 17 rings (SSSR count). The molecule has 74 heavy (non-hydrogen) atoms. The lowest BCUT2D eigenvalue weighted by Crippen LogP contribution is -2.76. The molecule has 6 heterocycles. The number of hydrogen-bond donors (Lipinski definition) is 7. The molecule has 396 valence electrons. The first-order chi connectivity index (χ1) is 35.0. The lowest BCUT2D eigenvalue weighted by Gasteiger charge is -2.62. The largest absolute Gasteiger partial charge is 0.504 e. The van der Waals surface area contributed by atoms with Gasteiger partial charge in [-0.1, -0.05) is 41.6 Å². The van der Waals surface area contributed by atoms with Gasteiger partial charge in [0.05, 0.1) is 33.0 Å². The maximum Gasteiger partial charge on any atom is 0.174 e. The normalized spacial score (nSPS) is 40.1. The van der Waals surface area contributed by atoms with Crippen LogP contribution in [0.4, 0.5) is 0 Å². The molecular formula is C58H70BrN3O12. The topological polar surface area (TPSA) is 219 Å². The average Bonchev–Trinajstić information content (AvgIpc) is 4.36. The molecule has 3 aromatic rings. The number of halogens is 1. The van der Waals surface area contributed by atoms with Gasteiger partial charge in [0, 0.05) is 66.0 Å². The zero-order valence-electron chi connectivity index (χ0n) is 41.3. The Kier molecular flexibility index (Phi) is 11.1. The van der Waals surface area contributed by atoms with Crippen molar-refractivity contribution in [3.63, 3.8) is 0 Å². The van der Waals surface area contributed by atoms with Crippen molar-refractivity contribution >= 4 is 33.3 Å². The van der Waals surface area contributed by atoms with E-state index in [0.717, 1.165) is 90.7 Å². The number of piperidine rings is 3. The number of alkyl halides is 1. The SMILES string of the molecule is BrCC1CC1.C.CN1CCC23c4c5ccc(O)c4OC2C(=O)CCC3(O)C1C5.O=C1CCC2(O)C3Cc4ccc(O)c5c4C2(CCN3)C1O5.O=C1CCC2(O)C3Cc4ccc(O)c5c4C2(CCN3CC2CC2)C1O5. The van der Waals surface area contributed by atoms with Crippen LogP contribution in [0.2, 0.25) is 0 Å². The Morgan fingerprint density at radius 2 is 1.01 bits per heavy atom. The number of hydrogen-bond acceptors (Lipinski definition) is 15. The van der Waals surface area contributed by atoms with Gasteiger partial charge in [-0.05, 0) is 157 Å². The predicted molar refractivity (Wildman–Crippen MR) is 275 cm³/mol. The van der Waals surface area contributed by atoms with E-state index in [1.165, 1.54) is 31.0 Å². The summed E-state index contributed by atoms with van der Waals surface area (Å²) in [5.41, 5.74) is 1.16. The molecular weight excluding hydrogens is 1010 g/mol. The van der Waals surface area contributed by atoms with Gasteiger partial charge in [-0.3, -0.25) is 19.3 Å². The number of phenolic OH excluding ortho intramolecular Hbond substituents is 3. The van der Waals surface area contributed by atoms with Crippen molar-refractivity contribution in [3.05, 3.63) is 69.8 Å². The van der Waals surface area contributed by atoms with Crippen LogP contribution in [0.1, 0.15) is 124 Å². The quantitative estimate of drug-likeness (QED) is 0.170. The van der Waals surface area contributed by atoms with Gasteiger partial charge < -0.3 is 55.1 Å². The van der Waals surface area contributed by atoms with Crippen LogP contribution in [-0.4, -0.2) is 150 Å². The van der Waals surface area contributed by atoms with Gasteiger partial charge in [0.15, 0.2) is 70.2 Å². The Morgan fingerprint density at radius 1 is 0.581 bits per heavy atom. The standard InChI is InChI=1S/C20H23NO4.C17H19NO4.C16H17NO4.C4H7Br.CH4/c22-13-4-3-12-9-15-20(24)6-5-14(23)18-19(20,16(12)17(13)25-18)7-8-21(15)10-11-1-2-11;1-18-7-6-16-13-9-2-3-10(19)14(13)22-15(16)11(20)4-5-17(16,21)12(18)8-9;18-9-2-1-8-7-11-16(20)4-3-10(19)14-15(16,5-6-17-11)12(8)13(9)21-14;5-3-4-1-2-4;/h3-4,11,15,18,22,24H,1-2,5-10H2;2-3,12,15,19,21H,4-8H2,1H3;1-2,11,14,17-18,20H,3-7H2;4H,1-3H2;1H4. The Balaban J connectivity index is 0.000000102. The second-order valence-corrected chi connectivity index (χ2v) is 25.0. The molecule has 6 bridgehead atoms. The van der Waals surface area contributed by atoms with Crippen LogP contribution in [0, 0.1) is 11.8 Å². The fraction of sp³-hybridized carbons (Fsp3) is 0.638. The van der Waals surface area contributed by atoms with Gasteiger partial charge in [0.25, 0.3) is 0 Å². The minimum Gasteiger partial charge on any atom is -0.504 e. The second kappa shape index (κ2) is 16.6. The summed E-state index contributed by atoms with van der Waals surface area (Å²) >= 11 is 3.38. The Labute approximate surface area is 440 Å². The van der Waals surface area contributed by atoms with E-state index in [-0.39, 0.29) is 60.2 Å². The molecule has 15 nitrogen and oxygen atoms in total. The molecule has 8 fully saturated rings. The number of ketones is 3. The van der Waals surface area contributed by atoms with E-state index in [9.17, 15) is 45.0 Å². The van der Waals surface area contributed by atoms with Crippen molar-refractivity contribution in [3.8, 4) is 34.5 Å². The fourth-order valence-corrected chi connectivity index (χ4v) is 17.9. The van der Waals surface area contributed by atoms with Gasteiger partial charge in [-0.15, -0.1) is 0 Å². The highest BCUT2D eigenvalue weighted by atomic mass is 79.9. The Hall–Kier alpha value is -4.29. The summed E-state index contributed by atoms with van der Waals surface area (Å²) in [4.78, 5) is 42.4. The lowest BCUT2D eigenvalue weighted by molar-refractivity contribution is -0.188. The third kappa shape index (κ3) is 6.19. The number of ether oxygens (including phenoxy) is 3. The molecule has 0 radical (unpaired) electrons. The molecule has 3 aromatic carbocycles. The van der Waals surface area contributed by atoms with Gasteiger partial charge in [-0.2, -0.15) is 0 Å². The van der Waals surface area contributed by atoms with Gasteiger partial charge in [-0.25, -0.2) is 0 Å². The lowest BCUT2D eigenvalue weighted by atomic mass is 9.49. The number of carbonyl (C=O) groups excluding carboxylic acids is 3. The monoisotopic (exact) mass is 1080 g/mol. The Morgan fingerprint density at radius 3 is 1.49 bits per heavy atom. The van der Waals surface area contributed by atoms with Crippen LogP contribution in [0.25, 0.3) is 0 Å².